The van der Waals surface area contributed by atoms with Crippen molar-refractivity contribution in [2.75, 3.05) is 0 Å². The zero-order valence-corrected chi connectivity index (χ0v) is 11.5. The van der Waals surface area contributed by atoms with Crippen LogP contribution in [0.15, 0.2) is 48.5 Å². The minimum atomic E-state index is -0.482. The van der Waals surface area contributed by atoms with Crippen molar-refractivity contribution in [2.45, 2.75) is 26.9 Å². The Balaban J connectivity index is 2.10. The van der Waals surface area contributed by atoms with Crippen LogP contribution in [0, 0.1) is 13.8 Å². The summed E-state index contributed by atoms with van der Waals surface area (Å²) in [6, 6.07) is 15.1. The van der Waals surface area contributed by atoms with Gasteiger partial charge in [0.05, 0.1) is 0 Å². The molecule has 0 amide bonds. The molecule has 1 atom stereocenters. The number of carbonyl (C=O) groups excluding carboxylic acids is 1. The predicted octanol–water partition coefficient (Wildman–Crippen LogP) is 3.95. The summed E-state index contributed by atoms with van der Waals surface area (Å²) < 4.78 is 5.72. The van der Waals surface area contributed by atoms with E-state index >= 15 is 0 Å². The van der Waals surface area contributed by atoms with Gasteiger partial charge in [0, 0.05) is 5.56 Å². The van der Waals surface area contributed by atoms with Crippen LogP contribution in [0.2, 0.25) is 0 Å². The first kappa shape index (κ1) is 13.3. The quantitative estimate of drug-likeness (QED) is 0.772. The number of ether oxygens (including phenoxy) is 1. The van der Waals surface area contributed by atoms with Crippen molar-refractivity contribution in [3.05, 3.63) is 65.2 Å². The van der Waals surface area contributed by atoms with Gasteiger partial charge in [-0.1, -0.05) is 36.4 Å². The molecule has 0 saturated heterocycles. The van der Waals surface area contributed by atoms with Gasteiger partial charge in [-0.2, -0.15) is 0 Å². The Morgan fingerprint density at radius 1 is 1.00 bits per heavy atom. The van der Waals surface area contributed by atoms with Crippen LogP contribution in [0.1, 0.15) is 28.4 Å². The standard InChI is InChI=1S/C17H18O2/c1-12-9-10-16(11-13(12)2)19-14(3)17(18)15-7-5-4-6-8-15/h4-11,14H,1-3H3. The van der Waals surface area contributed by atoms with Gasteiger partial charge in [-0.25, -0.2) is 0 Å². The Morgan fingerprint density at radius 3 is 2.32 bits per heavy atom. The number of hydrogen-bond donors (Lipinski definition) is 0. The van der Waals surface area contributed by atoms with Crippen molar-refractivity contribution in [1.29, 1.82) is 0 Å². The topological polar surface area (TPSA) is 26.3 Å². The fourth-order valence-electron chi connectivity index (χ4n) is 1.88. The zero-order chi connectivity index (χ0) is 13.8. The maximum Gasteiger partial charge on any atom is 0.202 e. The Hall–Kier alpha value is -2.09. The van der Waals surface area contributed by atoms with Crippen molar-refractivity contribution < 1.29 is 9.53 Å². The molecular weight excluding hydrogens is 236 g/mol. The number of aryl methyl sites for hydroxylation is 2. The average molecular weight is 254 g/mol. The molecule has 2 rings (SSSR count). The molecule has 2 aromatic carbocycles. The lowest BCUT2D eigenvalue weighted by molar-refractivity contribution is 0.0818. The minimum Gasteiger partial charge on any atom is -0.483 e. The highest BCUT2D eigenvalue weighted by Gasteiger charge is 2.16. The van der Waals surface area contributed by atoms with Crippen molar-refractivity contribution >= 4 is 5.78 Å². The first-order valence-electron chi connectivity index (χ1n) is 6.41. The molecule has 0 aliphatic carbocycles. The highest BCUT2D eigenvalue weighted by atomic mass is 16.5. The smallest absolute Gasteiger partial charge is 0.202 e. The second-order valence-electron chi connectivity index (χ2n) is 4.74. The van der Waals surface area contributed by atoms with E-state index in [4.69, 9.17) is 4.74 Å². The predicted molar refractivity (Wildman–Crippen MR) is 76.8 cm³/mol. The van der Waals surface area contributed by atoms with Crippen LogP contribution < -0.4 is 4.74 Å². The van der Waals surface area contributed by atoms with Crippen LogP contribution in [-0.4, -0.2) is 11.9 Å². The SMILES string of the molecule is Cc1ccc(OC(C)C(=O)c2ccccc2)cc1C. The average Bonchev–Trinajstić information content (AvgIpc) is 2.43. The summed E-state index contributed by atoms with van der Waals surface area (Å²) in [5, 5.41) is 0. The molecule has 0 radical (unpaired) electrons. The second-order valence-corrected chi connectivity index (χ2v) is 4.74. The highest BCUT2D eigenvalue weighted by Crippen LogP contribution is 2.18. The third-order valence-corrected chi connectivity index (χ3v) is 3.22. The molecule has 0 spiro atoms. The molecule has 0 N–H and O–H groups in total. The van der Waals surface area contributed by atoms with Crippen LogP contribution >= 0.6 is 0 Å². The molecule has 0 saturated carbocycles. The van der Waals surface area contributed by atoms with Crippen LogP contribution in [0.3, 0.4) is 0 Å². The molecule has 0 aliphatic heterocycles. The largest absolute Gasteiger partial charge is 0.483 e. The van der Waals surface area contributed by atoms with Crippen molar-refractivity contribution in [1.82, 2.24) is 0 Å². The highest BCUT2D eigenvalue weighted by molar-refractivity contribution is 5.99. The van der Waals surface area contributed by atoms with E-state index in [0.717, 1.165) is 11.3 Å². The molecule has 19 heavy (non-hydrogen) atoms. The van der Waals surface area contributed by atoms with Crippen LogP contribution in [0.25, 0.3) is 0 Å². The molecule has 0 heterocycles. The number of carbonyl (C=O) groups is 1. The molecule has 98 valence electrons. The third kappa shape index (κ3) is 3.22. The van der Waals surface area contributed by atoms with Gasteiger partial charge in [-0.3, -0.25) is 4.79 Å². The number of hydrogen-bond acceptors (Lipinski definition) is 2. The van der Waals surface area contributed by atoms with Gasteiger partial charge in [-0.15, -0.1) is 0 Å². The lowest BCUT2D eigenvalue weighted by Crippen LogP contribution is -2.23. The first-order valence-corrected chi connectivity index (χ1v) is 6.41. The molecule has 0 aliphatic rings. The van der Waals surface area contributed by atoms with E-state index in [-0.39, 0.29) is 5.78 Å². The van der Waals surface area contributed by atoms with E-state index in [0.29, 0.717) is 5.56 Å². The second kappa shape index (κ2) is 5.70. The maximum absolute atomic E-state index is 12.2. The van der Waals surface area contributed by atoms with Gasteiger partial charge in [0.15, 0.2) is 6.10 Å². The summed E-state index contributed by atoms with van der Waals surface area (Å²) >= 11 is 0. The number of Topliss-reactive ketones (excluding diaryl/α,β-unsaturated/α-hetero) is 1. The van der Waals surface area contributed by atoms with E-state index in [2.05, 4.69) is 6.92 Å². The monoisotopic (exact) mass is 254 g/mol. The Morgan fingerprint density at radius 2 is 1.68 bits per heavy atom. The molecule has 2 aromatic rings. The molecule has 2 nitrogen and oxygen atoms in total. The van der Waals surface area contributed by atoms with E-state index < -0.39 is 6.10 Å². The van der Waals surface area contributed by atoms with Gasteiger partial charge in [0.2, 0.25) is 5.78 Å². The fourth-order valence-corrected chi connectivity index (χ4v) is 1.88. The normalized spacial score (nSPS) is 11.9. The van der Waals surface area contributed by atoms with Crippen LogP contribution in [0.4, 0.5) is 0 Å². The summed E-state index contributed by atoms with van der Waals surface area (Å²) in [7, 11) is 0. The third-order valence-electron chi connectivity index (χ3n) is 3.22. The Labute approximate surface area is 114 Å². The fraction of sp³-hybridized carbons (Fsp3) is 0.235. The number of benzene rings is 2. The summed E-state index contributed by atoms with van der Waals surface area (Å²) in [5.41, 5.74) is 3.06. The number of rotatable bonds is 4. The lowest BCUT2D eigenvalue weighted by Gasteiger charge is -2.14. The molecule has 0 fully saturated rings. The molecule has 1 unspecified atom stereocenters. The van der Waals surface area contributed by atoms with Gasteiger partial charge < -0.3 is 4.74 Å². The van der Waals surface area contributed by atoms with Gasteiger partial charge in [0.25, 0.3) is 0 Å². The van der Waals surface area contributed by atoms with E-state index in [1.54, 1.807) is 6.92 Å². The van der Waals surface area contributed by atoms with Gasteiger partial charge in [-0.05, 0) is 44.0 Å². The molecule has 0 aromatic heterocycles. The maximum atomic E-state index is 12.2. The summed E-state index contributed by atoms with van der Waals surface area (Å²) in [5.74, 6) is 0.735. The molecule has 2 heteroatoms. The van der Waals surface area contributed by atoms with Gasteiger partial charge >= 0.3 is 0 Å². The van der Waals surface area contributed by atoms with Crippen LogP contribution in [0.5, 0.6) is 5.75 Å². The molecular formula is C17H18O2. The van der Waals surface area contributed by atoms with Crippen molar-refractivity contribution in [3.63, 3.8) is 0 Å². The zero-order valence-electron chi connectivity index (χ0n) is 11.5. The summed E-state index contributed by atoms with van der Waals surface area (Å²) in [4.78, 5) is 12.2. The van der Waals surface area contributed by atoms with Crippen LogP contribution in [-0.2, 0) is 0 Å². The van der Waals surface area contributed by atoms with E-state index in [1.807, 2.05) is 55.5 Å². The minimum absolute atomic E-state index is 0.00109. The van der Waals surface area contributed by atoms with E-state index in [1.165, 1.54) is 5.56 Å². The van der Waals surface area contributed by atoms with Crippen molar-refractivity contribution in [2.24, 2.45) is 0 Å². The summed E-state index contributed by atoms with van der Waals surface area (Å²) in [6.45, 7) is 5.87. The number of ketones is 1. The van der Waals surface area contributed by atoms with E-state index in [9.17, 15) is 4.79 Å². The first-order chi connectivity index (χ1) is 9.08. The Kier molecular flexibility index (Phi) is 4.00. The lowest BCUT2D eigenvalue weighted by atomic mass is 10.1. The summed E-state index contributed by atoms with van der Waals surface area (Å²) in [6.07, 6.45) is -0.482. The van der Waals surface area contributed by atoms with Crippen molar-refractivity contribution in [3.8, 4) is 5.75 Å². The Bertz CT molecular complexity index is 573. The van der Waals surface area contributed by atoms with Gasteiger partial charge in [0.1, 0.15) is 5.75 Å². The molecule has 0 bridgehead atoms.